The Hall–Kier alpha value is -3.59. The van der Waals surface area contributed by atoms with Gasteiger partial charge < -0.3 is 15.8 Å². The van der Waals surface area contributed by atoms with Crippen molar-refractivity contribution in [2.45, 2.75) is 32.6 Å². The summed E-state index contributed by atoms with van der Waals surface area (Å²) in [6, 6.07) is 12.9. The minimum atomic E-state index is -0.168. The van der Waals surface area contributed by atoms with E-state index in [1.165, 1.54) is 11.1 Å². The number of hydrogen-bond acceptors (Lipinski definition) is 4. The van der Waals surface area contributed by atoms with E-state index in [4.69, 9.17) is 16.9 Å². The van der Waals surface area contributed by atoms with E-state index < -0.39 is 0 Å². The van der Waals surface area contributed by atoms with Crippen LogP contribution in [0.2, 0.25) is 0 Å². The molecule has 0 spiro atoms. The zero-order valence-corrected chi connectivity index (χ0v) is 17.7. The number of anilines is 1. The lowest BCUT2D eigenvalue weighted by atomic mass is 9.81. The fourth-order valence-corrected chi connectivity index (χ4v) is 3.75. The van der Waals surface area contributed by atoms with Crippen LogP contribution in [0.4, 0.5) is 5.69 Å². The number of carbonyl (C=O) groups excluding carboxylic acids is 2. The van der Waals surface area contributed by atoms with Gasteiger partial charge in [0.2, 0.25) is 0 Å². The van der Waals surface area contributed by atoms with Gasteiger partial charge in [-0.15, -0.1) is 6.42 Å². The Morgan fingerprint density at radius 2 is 1.94 bits per heavy atom. The zero-order chi connectivity index (χ0) is 22.2. The quantitative estimate of drug-likeness (QED) is 0.313. The van der Waals surface area contributed by atoms with E-state index in [9.17, 15) is 9.59 Å². The van der Waals surface area contributed by atoms with Crippen molar-refractivity contribution in [2.75, 3.05) is 18.5 Å². The van der Waals surface area contributed by atoms with Crippen LogP contribution in [0.3, 0.4) is 0 Å². The van der Waals surface area contributed by atoms with Crippen molar-refractivity contribution in [3.8, 4) is 12.3 Å². The Kier molecular flexibility index (Phi) is 7.45. The molecule has 1 aliphatic carbocycles. The Morgan fingerprint density at radius 1 is 1.19 bits per heavy atom. The van der Waals surface area contributed by atoms with Gasteiger partial charge in [0.15, 0.2) is 0 Å². The molecule has 1 unspecified atom stereocenters. The molecule has 1 atom stereocenters. The molecule has 3 N–H and O–H groups in total. The van der Waals surface area contributed by atoms with Crippen molar-refractivity contribution in [3.63, 3.8) is 0 Å². The molecule has 0 saturated heterocycles. The summed E-state index contributed by atoms with van der Waals surface area (Å²) in [7, 11) is 0. The first-order chi connectivity index (χ1) is 15.0. The summed E-state index contributed by atoms with van der Waals surface area (Å²) in [5.74, 6) is 2.77. The number of rotatable bonds is 7. The number of fused-ring (bicyclic) bond motifs is 1. The van der Waals surface area contributed by atoms with E-state index in [0.29, 0.717) is 36.0 Å². The van der Waals surface area contributed by atoms with E-state index in [-0.39, 0.29) is 18.4 Å². The molecule has 160 valence electrons. The average molecular weight is 418 g/mol. The molecule has 0 heterocycles. The number of amides is 1. The van der Waals surface area contributed by atoms with E-state index in [2.05, 4.69) is 16.2 Å². The van der Waals surface area contributed by atoms with Gasteiger partial charge in [-0.1, -0.05) is 12.0 Å². The number of hydrogen-bond donors (Lipinski definition) is 2. The minimum absolute atomic E-state index is 0.137. The maximum Gasteiger partial charge on any atom is 0.306 e. The van der Waals surface area contributed by atoms with Gasteiger partial charge in [-0.25, -0.2) is 0 Å². The number of nitrogens with two attached hydrogens (primary N) is 1. The lowest BCUT2D eigenvalue weighted by Gasteiger charge is -2.24. The number of amidine groups is 1. The Morgan fingerprint density at radius 3 is 2.65 bits per heavy atom. The first kappa shape index (κ1) is 22.1. The molecule has 0 saturated carbocycles. The molecule has 2 aromatic carbocycles. The van der Waals surface area contributed by atoms with E-state index in [1.807, 2.05) is 25.1 Å². The van der Waals surface area contributed by atoms with Crippen molar-refractivity contribution in [1.29, 1.82) is 0 Å². The molecule has 3 rings (SSSR count). The number of aryl methyl sites for hydroxylation is 1. The van der Waals surface area contributed by atoms with Crippen molar-refractivity contribution >= 4 is 23.4 Å². The lowest BCUT2D eigenvalue weighted by Crippen LogP contribution is -2.20. The smallest absolute Gasteiger partial charge is 0.306 e. The van der Waals surface area contributed by atoms with E-state index >= 15 is 0 Å². The topological polar surface area (TPSA) is 93.8 Å². The van der Waals surface area contributed by atoms with E-state index in [1.54, 1.807) is 24.3 Å². The van der Waals surface area contributed by atoms with Gasteiger partial charge in [0.05, 0.1) is 6.61 Å². The molecule has 0 aliphatic heterocycles. The minimum Gasteiger partial charge on any atom is -0.466 e. The third-order valence-corrected chi connectivity index (χ3v) is 5.34. The summed E-state index contributed by atoms with van der Waals surface area (Å²) in [6.45, 7) is 2.46. The number of benzene rings is 2. The van der Waals surface area contributed by atoms with Crippen LogP contribution >= 0.6 is 0 Å². The highest BCUT2D eigenvalue weighted by Gasteiger charge is 2.22. The van der Waals surface area contributed by atoms with Crippen molar-refractivity contribution in [1.82, 2.24) is 0 Å². The van der Waals surface area contributed by atoms with Crippen LogP contribution in [0.1, 0.15) is 46.8 Å². The second-order valence-electron chi connectivity index (χ2n) is 7.54. The zero-order valence-electron chi connectivity index (χ0n) is 17.7. The first-order valence-corrected chi connectivity index (χ1v) is 10.4. The van der Waals surface area contributed by atoms with Crippen molar-refractivity contribution in [2.24, 2.45) is 16.6 Å². The summed E-state index contributed by atoms with van der Waals surface area (Å²) in [5, 5.41) is 2.91. The summed E-state index contributed by atoms with van der Waals surface area (Å²) in [6.07, 6.45) is 8.24. The Balaban J connectivity index is 1.62. The van der Waals surface area contributed by atoms with Crippen LogP contribution in [-0.2, 0) is 22.4 Å². The highest BCUT2D eigenvalue weighted by molar-refractivity contribution is 6.05. The van der Waals surface area contributed by atoms with Crippen LogP contribution in [-0.4, -0.2) is 30.9 Å². The highest BCUT2D eigenvalue weighted by atomic mass is 16.5. The molecular weight excluding hydrogens is 390 g/mol. The maximum absolute atomic E-state index is 12.7. The normalized spacial score (nSPS) is 15.5. The first-order valence-electron chi connectivity index (χ1n) is 10.4. The Bertz CT molecular complexity index is 1020. The average Bonchev–Trinajstić information content (AvgIpc) is 2.77. The fraction of sp³-hybridized carbons (Fsp3) is 0.320. The van der Waals surface area contributed by atoms with Crippen LogP contribution in [0, 0.1) is 18.3 Å². The van der Waals surface area contributed by atoms with E-state index in [0.717, 1.165) is 24.8 Å². The molecular formula is C25H27N3O3. The number of aliphatic imine (C=N–C) groups is 1. The number of nitrogens with one attached hydrogen (secondary N) is 1. The van der Waals surface area contributed by atoms with Gasteiger partial charge in [-0.2, -0.15) is 0 Å². The van der Waals surface area contributed by atoms with Gasteiger partial charge in [0.1, 0.15) is 12.4 Å². The number of terminal acetylenes is 1. The molecule has 1 amide bonds. The SMILES string of the molecule is C#CCN=C(N)c1ccc(NC(=O)c2ccc3c(c2)CCC(CC(=O)OCC)C3)cc1. The summed E-state index contributed by atoms with van der Waals surface area (Å²) in [4.78, 5) is 28.5. The van der Waals surface area contributed by atoms with Gasteiger partial charge in [-0.05, 0) is 79.6 Å². The second kappa shape index (κ2) is 10.4. The number of carbonyl (C=O) groups is 2. The molecule has 0 radical (unpaired) electrons. The number of nitrogens with zero attached hydrogens (tertiary/aromatic N) is 1. The van der Waals surface area contributed by atoms with Crippen LogP contribution in [0.25, 0.3) is 0 Å². The predicted molar refractivity (Wildman–Crippen MR) is 122 cm³/mol. The number of ether oxygens (including phenoxy) is 1. The van der Waals surface area contributed by atoms with Crippen LogP contribution < -0.4 is 11.1 Å². The molecule has 1 aliphatic rings. The van der Waals surface area contributed by atoms with Gasteiger partial charge in [-0.3, -0.25) is 14.6 Å². The van der Waals surface area contributed by atoms with Gasteiger partial charge >= 0.3 is 5.97 Å². The maximum atomic E-state index is 12.7. The monoisotopic (exact) mass is 417 g/mol. The standard InChI is InChI=1S/C25H27N3O3/c1-3-13-27-24(26)18-9-11-22(12-10-18)28-25(30)21-8-7-19-14-17(5-6-20(19)16-21)15-23(29)31-4-2/h1,7-12,16-17H,4-6,13-15H2,2H3,(H2,26,27)(H,28,30). The highest BCUT2D eigenvalue weighted by Crippen LogP contribution is 2.29. The molecule has 6 heteroatoms. The predicted octanol–water partition coefficient (Wildman–Crippen LogP) is 3.34. The Labute approximate surface area is 182 Å². The molecule has 31 heavy (non-hydrogen) atoms. The fourth-order valence-electron chi connectivity index (χ4n) is 3.75. The third-order valence-electron chi connectivity index (χ3n) is 5.34. The molecule has 6 nitrogen and oxygen atoms in total. The summed E-state index contributed by atoms with van der Waals surface area (Å²) >= 11 is 0. The second-order valence-corrected chi connectivity index (χ2v) is 7.54. The lowest BCUT2D eigenvalue weighted by molar-refractivity contribution is -0.144. The van der Waals surface area contributed by atoms with Crippen molar-refractivity contribution < 1.29 is 14.3 Å². The summed E-state index contributed by atoms with van der Waals surface area (Å²) < 4.78 is 5.06. The van der Waals surface area contributed by atoms with Gasteiger partial charge in [0, 0.05) is 23.2 Å². The van der Waals surface area contributed by atoms with Crippen molar-refractivity contribution in [3.05, 3.63) is 64.7 Å². The molecule has 2 aromatic rings. The molecule has 0 bridgehead atoms. The molecule has 0 aromatic heterocycles. The number of esters is 1. The van der Waals surface area contributed by atoms with Crippen LogP contribution in [0.15, 0.2) is 47.5 Å². The van der Waals surface area contributed by atoms with Gasteiger partial charge in [0.25, 0.3) is 5.91 Å². The molecule has 0 fully saturated rings. The largest absolute Gasteiger partial charge is 0.466 e. The third kappa shape index (κ3) is 5.95. The van der Waals surface area contributed by atoms with Crippen LogP contribution in [0.5, 0.6) is 0 Å². The summed E-state index contributed by atoms with van der Waals surface area (Å²) in [5.41, 5.74) is 10.3.